The predicted molar refractivity (Wildman–Crippen MR) is 97.2 cm³/mol. The van der Waals surface area contributed by atoms with Gasteiger partial charge in [0.2, 0.25) is 0 Å². The smallest absolute Gasteiger partial charge is 0.387 e. The van der Waals surface area contributed by atoms with Gasteiger partial charge in [-0.3, -0.25) is 4.79 Å². The Balaban J connectivity index is 1.60. The Morgan fingerprint density at radius 1 is 1.23 bits per heavy atom. The molecule has 0 spiro atoms. The van der Waals surface area contributed by atoms with Crippen LogP contribution in [0.5, 0.6) is 5.75 Å². The van der Waals surface area contributed by atoms with E-state index in [2.05, 4.69) is 15.0 Å². The highest BCUT2D eigenvalue weighted by Gasteiger charge is 2.16. The summed E-state index contributed by atoms with van der Waals surface area (Å²) < 4.78 is 28.5. The maximum atomic E-state index is 12.4. The summed E-state index contributed by atoms with van der Waals surface area (Å²) in [5, 5.41) is 4.01. The van der Waals surface area contributed by atoms with Crippen molar-refractivity contribution in [3.8, 4) is 5.75 Å². The van der Waals surface area contributed by atoms with Gasteiger partial charge >= 0.3 is 6.61 Å². The van der Waals surface area contributed by atoms with E-state index in [9.17, 15) is 13.6 Å². The summed E-state index contributed by atoms with van der Waals surface area (Å²) in [7, 11) is 0. The summed E-state index contributed by atoms with van der Waals surface area (Å²) in [6.45, 7) is -0.497. The van der Waals surface area contributed by atoms with Crippen molar-refractivity contribution < 1.29 is 18.3 Å². The number of H-pyrrole nitrogens is 1. The predicted octanol–water partition coefficient (Wildman–Crippen LogP) is 4.70. The highest BCUT2D eigenvalue weighted by atomic mass is 35.5. The van der Waals surface area contributed by atoms with Crippen molar-refractivity contribution in [1.29, 1.82) is 0 Å². The Hall–Kier alpha value is -2.60. The molecule has 2 N–H and O–H groups in total. The molecule has 0 bridgehead atoms. The van der Waals surface area contributed by atoms with E-state index in [4.69, 9.17) is 11.6 Å². The minimum atomic E-state index is -2.84. The molecule has 136 valence electrons. The lowest BCUT2D eigenvalue weighted by atomic mass is 10.1. The fourth-order valence-corrected chi connectivity index (χ4v) is 2.97. The van der Waals surface area contributed by atoms with Crippen LogP contribution in [0.15, 0.2) is 42.5 Å². The van der Waals surface area contributed by atoms with Crippen LogP contribution in [0, 0.1) is 6.92 Å². The van der Waals surface area contributed by atoms with Crippen LogP contribution in [0.4, 0.5) is 8.78 Å². The quantitative estimate of drug-likeness (QED) is 0.653. The molecule has 2 aromatic carbocycles. The van der Waals surface area contributed by atoms with Gasteiger partial charge in [-0.25, -0.2) is 0 Å². The van der Waals surface area contributed by atoms with Gasteiger partial charge in [-0.15, -0.1) is 0 Å². The summed E-state index contributed by atoms with van der Waals surface area (Å²) in [6, 6.07) is 12.1. The van der Waals surface area contributed by atoms with E-state index in [0.29, 0.717) is 23.7 Å². The third kappa shape index (κ3) is 4.14. The van der Waals surface area contributed by atoms with E-state index in [-0.39, 0.29) is 11.7 Å². The summed E-state index contributed by atoms with van der Waals surface area (Å²) in [5.41, 5.74) is 3.09. The van der Waals surface area contributed by atoms with Gasteiger partial charge in [-0.2, -0.15) is 8.78 Å². The molecule has 0 radical (unpaired) electrons. The zero-order chi connectivity index (χ0) is 18.7. The van der Waals surface area contributed by atoms with Gasteiger partial charge in [-0.1, -0.05) is 35.4 Å². The number of ether oxygens (including phenoxy) is 1. The van der Waals surface area contributed by atoms with E-state index >= 15 is 0 Å². The Morgan fingerprint density at radius 3 is 2.65 bits per heavy atom. The first-order chi connectivity index (χ1) is 12.4. The van der Waals surface area contributed by atoms with Gasteiger partial charge in [0, 0.05) is 17.4 Å². The average Bonchev–Trinajstić information content (AvgIpc) is 2.92. The lowest BCUT2D eigenvalue weighted by Gasteiger charge is -2.07. The van der Waals surface area contributed by atoms with Crippen LogP contribution in [-0.4, -0.2) is 24.0 Å². The van der Waals surface area contributed by atoms with Crippen molar-refractivity contribution in [2.75, 3.05) is 6.54 Å². The molecule has 0 saturated heterocycles. The second kappa shape index (κ2) is 7.74. The van der Waals surface area contributed by atoms with E-state index in [1.807, 2.05) is 25.1 Å². The molecule has 3 aromatic rings. The van der Waals surface area contributed by atoms with Crippen LogP contribution in [0.2, 0.25) is 5.02 Å². The molecular formula is C19H17ClF2N2O2. The van der Waals surface area contributed by atoms with Crippen molar-refractivity contribution in [3.05, 3.63) is 64.3 Å². The molecule has 1 amide bonds. The first-order valence-electron chi connectivity index (χ1n) is 8.04. The van der Waals surface area contributed by atoms with Crippen molar-refractivity contribution in [3.63, 3.8) is 0 Å². The van der Waals surface area contributed by atoms with Crippen molar-refractivity contribution >= 4 is 28.4 Å². The summed E-state index contributed by atoms with van der Waals surface area (Å²) >= 11 is 6.31. The van der Waals surface area contributed by atoms with Crippen molar-refractivity contribution in [1.82, 2.24) is 10.3 Å². The Labute approximate surface area is 154 Å². The number of halogens is 3. The molecule has 26 heavy (non-hydrogen) atoms. The number of alkyl halides is 2. The number of rotatable bonds is 6. The van der Waals surface area contributed by atoms with E-state index < -0.39 is 6.61 Å². The maximum Gasteiger partial charge on any atom is 0.387 e. The number of nitrogens with one attached hydrogen (secondary N) is 2. The lowest BCUT2D eigenvalue weighted by Crippen LogP contribution is -2.26. The maximum absolute atomic E-state index is 12.4. The summed E-state index contributed by atoms with van der Waals surface area (Å²) in [6.07, 6.45) is 0.553. The van der Waals surface area contributed by atoms with Gasteiger partial charge in [0.15, 0.2) is 0 Å². The summed E-state index contributed by atoms with van der Waals surface area (Å²) in [4.78, 5) is 15.4. The number of aromatic nitrogens is 1. The molecule has 0 unspecified atom stereocenters. The van der Waals surface area contributed by atoms with Gasteiger partial charge < -0.3 is 15.0 Å². The number of aryl methyl sites for hydroxylation is 1. The minimum Gasteiger partial charge on any atom is -0.435 e. The normalized spacial score (nSPS) is 11.1. The monoisotopic (exact) mass is 378 g/mol. The minimum absolute atomic E-state index is 0.105. The SMILES string of the molecule is Cc1ccc2[nH]c(C(=O)NCCc3ccc(OC(F)F)cc3)c(Cl)c2c1. The number of benzene rings is 2. The molecule has 7 heteroatoms. The second-order valence-corrected chi connectivity index (χ2v) is 6.27. The average molecular weight is 379 g/mol. The topological polar surface area (TPSA) is 54.1 Å². The molecule has 0 atom stereocenters. The number of aromatic amines is 1. The zero-order valence-electron chi connectivity index (χ0n) is 14.0. The number of fused-ring (bicyclic) bond motifs is 1. The fraction of sp³-hybridized carbons (Fsp3) is 0.211. The number of hydrogen-bond donors (Lipinski definition) is 2. The standard InChI is InChI=1S/C19H17ClF2N2O2/c1-11-2-7-15-14(10-11)16(20)17(24-15)18(25)23-9-8-12-3-5-13(6-4-12)26-19(21)22/h2-7,10,19,24H,8-9H2,1H3,(H,23,25). The zero-order valence-corrected chi connectivity index (χ0v) is 14.7. The van der Waals surface area contributed by atoms with Crippen LogP contribution in [0.1, 0.15) is 21.6 Å². The first kappa shape index (κ1) is 18.2. The molecule has 1 aromatic heterocycles. The van der Waals surface area contributed by atoms with Crippen molar-refractivity contribution in [2.24, 2.45) is 0 Å². The van der Waals surface area contributed by atoms with Gasteiger partial charge in [0.05, 0.1) is 5.02 Å². The third-order valence-corrected chi connectivity index (χ3v) is 4.36. The second-order valence-electron chi connectivity index (χ2n) is 5.89. The first-order valence-corrected chi connectivity index (χ1v) is 8.41. The van der Waals surface area contributed by atoms with E-state index in [1.54, 1.807) is 12.1 Å². The highest BCUT2D eigenvalue weighted by molar-refractivity contribution is 6.38. The van der Waals surface area contributed by atoms with Crippen LogP contribution < -0.4 is 10.1 Å². The van der Waals surface area contributed by atoms with Gasteiger partial charge in [-0.05, 0) is 43.2 Å². The molecule has 0 aliphatic rings. The van der Waals surface area contributed by atoms with Crippen LogP contribution in [0.3, 0.4) is 0 Å². The Bertz CT molecular complexity index is 923. The molecule has 4 nitrogen and oxygen atoms in total. The molecule has 1 heterocycles. The number of carbonyl (C=O) groups excluding carboxylic acids is 1. The largest absolute Gasteiger partial charge is 0.435 e. The molecule has 0 aliphatic carbocycles. The van der Waals surface area contributed by atoms with Gasteiger partial charge in [0.25, 0.3) is 5.91 Å². The van der Waals surface area contributed by atoms with E-state index in [1.165, 1.54) is 12.1 Å². The highest BCUT2D eigenvalue weighted by Crippen LogP contribution is 2.28. The van der Waals surface area contributed by atoms with Crippen LogP contribution in [0.25, 0.3) is 10.9 Å². The summed E-state index contributed by atoms with van der Waals surface area (Å²) in [5.74, 6) is -0.186. The molecule has 3 rings (SSSR count). The number of amides is 1. The fourth-order valence-electron chi connectivity index (χ4n) is 2.68. The number of carbonyl (C=O) groups is 1. The molecule has 0 saturated carbocycles. The molecule has 0 fully saturated rings. The van der Waals surface area contributed by atoms with Crippen LogP contribution in [-0.2, 0) is 6.42 Å². The lowest BCUT2D eigenvalue weighted by molar-refractivity contribution is -0.0498. The number of hydrogen-bond acceptors (Lipinski definition) is 2. The Morgan fingerprint density at radius 2 is 1.96 bits per heavy atom. The third-order valence-electron chi connectivity index (χ3n) is 3.97. The Kier molecular flexibility index (Phi) is 5.42. The molecule has 0 aliphatic heterocycles. The van der Waals surface area contributed by atoms with Crippen LogP contribution >= 0.6 is 11.6 Å². The van der Waals surface area contributed by atoms with Gasteiger partial charge in [0.1, 0.15) is 11.4 Å². The van der Waals surface area contributed by atoms with Crippen molar-refractivity contribution in [2.45, 2.75) is 20.0 Å². The van der Waals surface area contributed by atoms with E-state index in [0.717, 1.165) is 22.0 Å². The molecular weight excluding hydrogens is 362 g/mol.